The van der Waals surface area contributed by atoms with E-state index in [2.05, 4.69) is 80.0 Å². The van der Waals surface area contributed by atoms with E-state index in [1.165, 1.54) is 24.1 Å². The molecule has 2 saturated heterocycles. The average molecular weight is 422 g/mol. The van der Waals surface area contributed by atoms with Gasteiger partial charge in [-0.25, -0.2) is 0 Å². The van der Waals surface area contributed by atoms with Crippen molar-refractivity contribution < 1.29 is 4.74 Å². The summed E-state index contributed by atoms with van der Waals surface area (Å²) in [6, 6.07) is 19.9. The zero-order valence-corrected chi connectivity index (χ0v) is 18.8. The molecule has 0 aromatic heterocycles. The van der Waals surface area contributed by atoms with Gasteiger partial charge in [0.1, 0.15) is 5.75 Å². The number of para-hydroxylation sites is 1. The van der Waals surface area contributed by atoms with Crippen molar-refractivity contribution in [1.82, 2.24) is 15.5 Å². The van der Waals surface area contributed by atoms with Crippen LogP contribution in [0.5, 0.6) is 5.75 Å². The lowest BCUT2D eigenvalue weighted by atomic mass is 10.1. The van der Waals surface area contributed by atoms with E-state index in [0.29, 0.717) is 12.1 Å². The molecule has 0 saturated carbocycles. The minimum atomic E-state index is 0.330. The number of benzene rings is 2. The maximum atomic E-state index is 5.34. The molecule has 0 aliphatic carbocycles. The molecule has 0 spiro atoms. The number of aliphatic imine (C=N–C) groups is 1. The molecule has 2 atom stereocenters. The lowest BCUT2D eigenvalue weighted by molar-refractivity contribution is 0.245. The molecule has 2 aliphatic heterocycles. The van der Waals surface area contributed by atoms with E-state index >= 15 is 0 Å². The molecule has 2 unspecified atom stereocenters. The SMILES string of the molecule is CN=C(NCC(c1ccc(OC)cc1)N1CCCC1)NC1CCN(c2ccccc2)C1. The highest BCUT2D eigenvalue weighted by Crippen LogP contribution is 2.26. The maximum absolute atomic E-state index is 5.34. The van der Waals surface area contributed by atoms with Crippen molar-refractivity contribution in [3.05, 3.63) is 60.2 Å². The molecule has 2 fully saturated rings. The van der Waals surface area contributed by atoms with Crippen LogP contribution in [0.1, 0.15) is 30.9 Å². The third kappa shape index (κ3) is 5.50. The molecule has 2 heterocycles. The third-order valence-electron chi connectivity index (χ3n) is 6.42. The van der Waals surface area contributed by atoms with Gasteiger partial charge in [0.2, 0.25) is 0 Å². The number of likely N-dealkylation sites (tertiary alicyclic amines) is 1. The Balaban J connectivity index is 1.35. The first-order valence-electron chi connectivity index (χ1n) is 11.4. The maximum Gasteiger partial charge on any atom is 0.191 e. The van der Waals surface area contributed by atoms with Gasteiger partial charge < -0.3 is 20.3 Å². The van der Waals surface area contributed by atoms with E-state index in [1.807, 2.05) is 7.05 Å². The lowest BCUT2D eigenvalue weighted by Gasteiger charge is -2.29. The normalized spacial score (nSPS) is 20.6. The van der Waals surface area contributed by atoms with E-state index in [4.69, 9.17) is 4.74 Å². The first-order chi connectivity index (χ1) is 15.3. The van der Waals surface area contributed by atoms with Gasteiger partial charge in [-0.2, -0.15) is 0 Å². The van der Waals surface area contributed by atoms with E-state index < -0.39 is 0 Å². The predicted octanol–water partition coefficient (Wildman–Crippen LogP) is 3.28. The predicted molar refractivity (Wildman–Crippen MR) is 128 cm³/mol. The standard InChI is InChI=1S/C25H35N5O/c1-26-25(28-21-14-17-30(19-21)22-8-4-3-5-9-22)27-18-24(29-15-6-7-16-29)20-10-12-23(31-2)13-11-20/h3-5,8-13,21,24H,6-7,14-19H2,1-2H3,(H2,26,27,28). The van der Waals surface area contributed by atoms with Crippen molar-refractivity contribution in [2.45, 2.75) is 31.3 Å². The summed E-state index contributed by atoms with van der Waals surface area (Å²) in [7, 11) is 3.57. The fourth-order valence-electron chi connectivity index (χ4n) is 4.67. The van der Waals surface area contributed by atoms with Gasteiger partial charge in [-0.3, -0.25) is 9.89 Å². The second kappa shape index (κ2) is 10.5. The van der Waals surface area contributed by atoms with Gasteiger partial charge >= 0.3 is 0 Å². The quantitative estimate of drug-likeness (QED) is 0.531. The zero-order valence-electron chi connectivity index (χ0n) is 18.8. The molecule has 31 heavy (non-hydrogen) atoms. The number of guanidine groups is 1. The van der Waals surface area contributed by atoms with Crippen LogP contribution in [0.4, 0.5) is 5.69 Å². The van der Waals surface area contributed by atoms with E-state index in [0.717, 1.165) is 50.9 Å². The lowest BCUT2D eigenvalue weighted by Crippen LogP contribution is -2.47. The monoisotopic (exact) mass is 421 g/mol. The van der Waals surface area contributed by atoms with Crippen LogP contribution in [0, 0.1) is 0 Å². The Morgan fingerprint density at radius 3 is 2.48 bits per heavy atom. The molecule has 4 rings (SSSR count). The molecule has 0 bridgehead atoms. The fraction of sp³-hybridized carbons (Fsp3) is 0.480. The summed E-state index contributed by atoms with van der Waals surface area (Å²) >= 11 is 0. The van der Waals surface area contributed by atoms with Crippen LogP contribution in [0.15, 0.2) is 59.6 Å². The highest BCUT2D eigenvalue weighted by Gasteiger charge is 2.26. The Labute approximate surface area is 186 Å². The summed E-state index contributed by atoms with van der Waals surface area (Å²) in [4.78, 5) is 9.52. The van der Waals surface area contributed by atoms with E-state index in [-0.39, 0.29) is 0 Å². The number of hydrogen-bond donors (Lipinski definition) is 2. The summed E-state index contributed by atoms with van der Waals surface area (Å²) < 4.78 is 5.34. The van der Waals surface area contributed by atoms with Crippen molar-refractivity contribution in [2.24, 2.45) is 4.99 Å². The molecule has 2 aromatic carbocycles. The number of anilines is 1. The van der Waals surface area contributed by atoms with Crippen LogP contribution < -0.4 is 20.3 Å². The molecule has 0 amide bonds. The number of rotatable bonds is 7. The van der Waals surface area contributed by atoms with Crippen LogP contribution in [-0.4, -0.2) is 63.8 Å². The van der Waals surface area contributed by atoms with Crippen molar-refractivity contribution in [3.63, 3.8) is 0 Å². The van der Waals surface area contributed by atoms with Crippen molar-refractivity contribution >= 4 is 11.6 Å². The van der Waals surface area contributed by atoms with Crippen LogP contribution >= 0.6 is 0 Å². The van der Waals surface area contributed by atoms with Gasteiger partial charge in [0.15, 0.2) is 5.96 Å². The van der Waals surface area contributed by atoms with Crippen molar-refractivity contribution in [1.29, 1.82) is 0 Å². The summed E-state index contributed by atoms with van der Waals surface area (Å²) in [5.41, 5.74) is 2.62. The Bertz CT molecular complexity index is 833. The average Bonchev–Trinajstić information content (AvgIpc) is 3.52. The number of ether oxygens (including phenoxy) is 1. The van der Waals surface area contributed by atoms with Crippen LogP contribution in [0.2, 0.25) is 0 Å². The van der Waals surface area contributed by atoms with Gasteiger partial charge in [0.25, 0.3) is 0 Å². The first kappa shape index (κ1) is 21.5. The molecule has 6 nitrogen and oxygen atoms in total. The Morgan fingerprint density at radius 1 is 1.06 bits per heavy atom. The fourth-order valence-corrected chi connectivity index (χ4v) is 4.67. The number of methoxy groups -OCH3 is 1. The minimum absolute atomic E-state index is 0.330. The number of nitrogens with zero attached hydrogens (tertiary/aromatic N) is 3. The highest BCUT2D eigenvalue weighted by molar-refractivity contribution is 5.80. The first-order valence-corrected chi connectivity index (χ1v) is 11.4. The summed E-state index contributed by atoms with van der Waals surface area (Å²) in [5.74, 6) is 1.79. The minimum Gasteiger partial charge on any atom is -0.497 e. The van der Waals surface area contributed by atoms with Gasteiger partial charge in [0.05, 0.1) is 13.2 Å². The number of nitrogens with one attached hydrogen (secondary N) is 2. The van der Waals surface area contributed by atoms with Crippen molar-refractivity contribution in [3.8, 4) is 5.75 Å². The molecule has 2 N–H and O–H groups in total. The molecule has 6 heteroatoms. The Morgan fingerprint density at radius 2 is 1.81 bits per heavy atom. The van der Waals surface area contributed by atoms with E-state index in [1.54, 1.807) is 7.11 Å². The van der Waals surface area contributed by atoms with Crippen LogP contribution in [0.25, 0.3) is 0 Å². The zero-order chi connectivity index (χ0) is 21.5. The smallest absolute Gasteiger partial charge is 0.191 e. The van der Waals surface area contributed by atoms with Crippen LogP contribution in [-0.2, 0) is 0 Å². The highest BCUT2D eigenvalue weighted by atomic mass is 16.5. The Hall–Kier alpha value is -2.73. The largest absolute Gasteiger partial charge is 0.497 e. The second-order valence-corrected chi connectivity index (χ2v) is 8.40. The number of hydrogen-bond acceptors (Lipinski definition) is 4. The second-order valence-electron chi connectivity index (χ2n) is 8.40. The third-order valence-corrected chi connectivity index (χ3v) is 6.42. The van der Waals surface area contributed by atoms with Crippen LogP contribution in [0.3, 0.4) is 0 Å². The molecule has 166 valence electrons. The molecular weight excluding hydrogens is 386 g/mol. The van der Waals surface area contributed by atoms with Gasteiger partial charge in [0, 0.05) is 38.4 Å². The van der Waals surface area contributed by atoms with E-state index in [9.17, 15) is 0 Å². The molecule has 2 aliphatic rings. The van der Waals surface area contributed by atoms with Gasteiger partial charge in [-0.1, -0.05) is 30.3 Å². The molecule has 0 radical (unpaired) electrons. The van der Waals surface area contributed by atoms with Gasteiger partial charge in [-0.15, -0.1) is 0 Å². The Kier molecular flexibility index (Phi) is 7.30. The molecule has 2 aromatic rings. The summed E-state index contributed by atoms with van der Waals surface area (Å²) in [6.45, 7) is 5.21. The van der Waals surface area contributed by atoms with Gasteiger partial charge in [-0.05, 0) is 62.2 Å². The molecular formula is C25H35N5O. The topological polar surface area (TPSA) is 52.1 Å². The van der Waals surface area contributed by atoms with Crippen molar-refractivity contribution in [2.75, 3.05) is 51.8 Å². The summed E-state index contributed by atoms with van der Waals surface area (Å²) in [5, 5.41) is 7.24. The summed E-state index contributed by atoms with van der Waals surface area (Å²) in [6.07, 6.45) is 3.66.